The summed E-state index contributed by atoms with van der Waals surface area (Å²) in [5, 5.41) is 10.4. The van der Waals surface area contributed by atoms with Crippen LogP contribution in [0.5, 0.6) is 0 Å². The number of amides is 1. The van der Waals surface area contributed by atoms with E-state index in [-0.39, 0.29) is 18.6 Å². The molecule has 2 heterocycles. The van der Waals surface area contributed by atoms with E-state index in [0.29, 0.717) is 18.2 Å². The van der Waals surface area contributed by atoms with Gasteiger partial charge in [0.15, 0.2) is 5.76 Å². The van der Waals surface area contributed by atoms with Crippen molar-refractivity contribution in [2.24, 2.45) is 5.92 Å². The van der Waals surface area contributed by atoms with Crippen molar-refractivity contribution in [1.82, 2.24) is 4.90 Å². The van der Waals surface area contributed by atoms with Crippen molar-refractivity contribution < 1.29 is 14.3 Å². The second-order valence-electron chi connectivity index (χ2n) is 5.67. The SMILES string of the molecule is Cc1ccc2oc(C(=O)N3CCC(C)C3CO)cc2c1. The Bertz CT molecular complexity index is 646. The van der Waals surface area contributed by atoms with Crippen LogP contribution in [0.4, 0.5) is 0 Å². The Morgan fingerprint density at radius 2 is 2.25 bits per heavy atom. The summed E-state index contributed by atoms with van der Waals surface area (Å²) in [6.07, 6.45) is 0.927. The number of likely N-dealkylation sites (tertiary alicyclic amines) is 1. The van der Waals surface area contributed by atoms with Crippen molar-refractivity contribution in [3.63, 3.8) is 0 Å². The largest absolute Gasteiger partial charge is 0.451 e. The molecule has 3 rings (SSSR count). The number of carbonyl (C=O) groups excluding carboxylic acids is 1. The van der Waals surface area contributed by atoms with E-state index in [1.807, 2.05) is 25.1 Å². The number of fused-ring (bicyclic) bond motifs is 1. The van der Waals surface area contributed by atoms with E-state index in [4.69, 9.17) is 4.42 Å². The van der Waals surface area contributed by atoms with E-state index in [1.165, 1.54) is 0 Å². The lowest BCUT2D eigenvalue weighted by molar-refractivity contribution is 0.0619. The summed E-state index contributed by atoms with van der Waals surface area (Å²) in [4.78, 5) is 14.3. The zero-order chi connectivity index (χ0) is 14.3. The molecule has 0 bridgehead atoms. The third-order valence-corrected chi connectivity index (χ3v) is 4.21. The highest BCUT2D eigenvalue weighted by atomic mass is 16.3. The van der Waals surface area contributed by atoms with Gasteiger partial charge in [-0.1, -0.05) is 18.6 Å². The summed E-state index contributed by atoms with van der Waals surface area (Å²) in [6, 6.07) is 7.55. The first-order chi connectivity index (χ1) is 9.60. The van der Waals surface area contributed by atoms with E-state index in [2.05, 4.69) is 6.92 Å². The number of benzene rings is 1. The monoisotopic (exact) mass is 273 g/mol. The van der Waals surface area contributed by atoms with Gasteiger partial charge in [0.2, 0.25) is 0 Å². The second kappa shape index (κ2) is 4.94. The summed E-state index contributed by atoms with van der Waals surface area (Å²) in [7, 11) is 0. The summed E-state index contributed by atoms with van der Waals surface area (Å²) in [5.74, 6) is 0.566. The number of furan rings is 1. The number of nitrogens with zero attached hydrogens (tertiary/aromatic N) is 1. The van der Waals surface area contributed by atoms with Crippen molar-refractivity contribution in [3.05, 3.63) is 35.6 Å². The van der Waals surface area contributed by atoms with E-state index in [9.17, 15) is 9.90 Å². The molecule has 1 fully saturated rings. The minimum Gasteiger partial charge on any atom is -0.451 e. The maximum absolute atomic E-state index is 12.5. The lowest BCUT2D eigenvalue weighted by Gasteiger charge is -2.24. The van der Waals surface area contributed by atoms with Crippen LogP contribution in [0.3, 0.4) is 0 Å². The van der Waals surface area contributed by atoms with Gasteiger partial charge < -0.3 is 14.4 Å². The van der Waals surface area contributed by atoms with Crippen LogP contribution in [-0.4, -0.2) is 35.1 Å². The van der Waals surface area contributed by atoms with Crippen LogP contribution in [-0.2, 0) is 0 Å². The standard InChI is InChI=1S/C16H19NO3/c1-10-3-4-14-12(7-10)8-15(20-14)16(19)17-6-5-11(2)13(17)9-18/h3-4,7-8,11,13,18H,5-6,9H2,1-2H3. The predicted molar refractivity (Wildman–Crippen MR) is 76.6 cm³/mol. The van der Waals surface area contributed by atoms with E-state index in [0.717, 1.165) is 23.0 Å². The Labute approximate surface area is 118 Å². The molecule has 0 saturated carbocycles. The number of hydrogen-bond acceptors (Lipinski definition) is 3. The zero-order valence-corrected chi connectivity index (χ0v) is 11.8. The molecular weight excluding hydrogens is 254 g/mol. The number of carbonyl (C=O) groups is 1. The Morgan fingerprint density at radius 1 is 1.45 bits per heavy atom. The van der Waals surface area contributed by atoms with Crippen molar-refractivity contribution in [3.8, 4) is 0 Å². The predicted octanol–water partition coefficient (Wildman–Crippen LogP) is 2.58. The first kappa shape index (κ1) is 13.2. The van der Waals surface area contributed by atoms with Gasteiger partial charge in [0.25, 0.3) is 5.91 Å². The van der Waals surface area contributed by atoms with Crippen LogP contribution in [0.25, 0.3) is 11.0 Å². The maximum atomic E-state index is 12.5. The molecule has 1 aromatic heterocycles. The molecule has 1 aliphatic heterocycles. The molecule has 1 aliphatic rings. The highest BCUT2D eigenvalue weighted by Gasteiger charge is 2.35. The Morgan fingerprint density at radius 3 is 3.00 bits per heavy atom. The highest BCUT2D eigenvalue weighted by molar-refractivity contribution is 5.96. The molecule has 4 heteroatoms. The Hall–Kier alpha value is -1.81. The third-order valence-electron chi connectivity index (χ3n) is 4.21. The van der Waals surface area contributed by atoms with Crippen LogP contribution in [0, 0.1) is 12.8 Å². The number of aryl methyl sites for hydroxylation is 1. The normalized spacial score (nSPS) is 22.6. The molecule has 1 saturated heterocycles. The smallest absolute Gasteiger partial charge is 0.289 e. The highest BCUT2D eigenvalue weighted by Crippen LogP contribution is 2.27. The minimum atomic E-state index is -0.123. The van der Waals surface area contributed by atoms with Gasteiger partial charge in [0.1, 0.15) is 5.58 Å². The van der Waals surface area contributed by atoms with Crippen molar-refractivity contribution in [1.29, 1.82) is 0 Å². The average Bonchev–Trinajstić information content (AvgIpc) is 3.00. The van der Waals surface area contributed by atoms with E-state index >= 15 is 0 Å². The van der Waals surface area contributed by atoms with Crippen LogP contribution in [0.2, 0.25) is 0 Å². The lowest BCUT2D eigenvalue weighted by atomic mass is 10.0. The lowest BCUT2D eigenvalue weighted by Crippen LogP contribution is -2.39. The van der Waals surface area contributed by atoms with E-state index < -0.39 is 0 Å². The van der Waals surface area contributed by atoms with Gasteiger partial charge in [-0.2, -0.15) is 0 Å². The van der Waals surface area contributed by atoms with Gasteiger partial charge in [-0.15, -0.1) is 0 Å². The van der Waals surface area contributed by atoms with Crippen LogP contribution in [0.1, 0.15) is 29.5 Å². The Kier molecular flexibility index (Phi) is 3.26. The number of aliphatic hydroxyl groups is 1. The zero-order valence-electron chi connectivity index (χ0n) is 11.8. The summed E-state index contributed by atoms with van der Waals surface area (Å²) in [5.41, 5.74) is 1.87. The molecule has 1 aromatic carbocycles. The first-order valence-electron chi connectivity index (χ1n) is 7.02. The Balaban J connectivity index is 1.92. The topological polar surface area (TPSA) is 53.7 Å². The van der Waals surface area contributed by atoms with Gasteiger partial charge in [-0.25, -0.2) is 0 Å². The molecule has 20 heavy (non-hydrogen) atoms. The van der Waals surface area contributed by atoms with Gasteiger partial charge in [0, 0.05) is 11.9 Å². The third kappa shape index (κ3) is 2.10. The number of hydrogen-bond donors (Lipinski definition) is 1. The molecule has 1 amide bonds. The van der Waals surface area contributed by atoms with Crippen LogP contribution in [0.15, 0.2) is 28.7 Å². The quantitative estimate of drug-likeness (QED) is 0.915. The van der Waals surface area contributed by atoms with Gasteiger partial charge >= 0.3 is 0 Å². The van der Waals surface area contributed by atoms with Crippen molar-refractivity contribution >= 4 is 16.9 Å². The van der Waals surface area contributed by atoms with E-state index in [1.54, 1.807) is 11.0 Å². The first-order valence-corrected chi connectivity index (χ1v) is 7.02. The van der Waals surface area contributed by atoms with Crippen LogP contribution >= 0.6 is 0 Å². The second-order valence-corrected chi connectivity index (χ2v) is 5.67. The molecule has 2 atom stereocenters. The minimum absolute atomic E-state index is 0.00619. The average molecular weight is 273 g/mol. The van der Waals surface area contributed by atoms with Gasteiger partial charge in [-0.3, -0.25) is 4.79 Å². The fourth-order valence-corrected chi connectivity index (χ4v) is 2.95. The molecule has 0 aliphatic carbocycles. The van der Waals surface area contributed by atoms with Gasteiger partial charge in [0.05, 0.1) is 12.6 Å². The van der Waals surface area contributed by atoms with Crippen molar-refractivity contribution in [2.75, 3.05) is 13.2 Å². The number of rotatable bonds is 2. The molecule has 2 unspecified atom stereocenters. The summed E-state index contributed by atoms with van der Waals surface area (Å²) >= 11 is 0. The fraction of sp³-hybridized carbons (Fsp3) is 0.438. The summed E-state index contributed by atoms with van der Waals surface area (Å²) in [6.45, 7) is 4.77. The molecule has 0 radical (unpaired) electrons. The van der Waals surface area contributed by atoms with Crippen LogP contribution < -0.4 is 0 Å². The summed E-state index contributed by atoms with van der Waals surface area (Å²) < 4.78 is 5.65. The molecule has 106 valence electrons. The molecule has 4 nitrogen and oxygen atoms in total. The molecule has 0 spiro atoms. The van der Waals surface area contributed by atoms with Gasteiger partial charge in [-0.05, 0) is 37.5 Å². The number of aliphatic hydroxyl groups excluding tert-OH is 1. The fourth-order valence-electron chi connectivity index (χ4n) is 2.95. The molecule has 2 aromatic rings. The molecule has 1 N–H and O–H groups in total. The maximum Gasteiger partial charge on any atom is 0.289 e. The van der Waals surface area contributed by atoms with Crippen molar-refractivity contribution in [2.45, 2.75) is 26.3 Å². The molecular formula is C16H19NO3.